The van der Waals surface area contributed by atoms with Crippen LogP contribution in [0.2, 0.25) is 0 Å². The van der Waals surface area contributed by atoms with E-state index in [0.29, 0.717) is 30.5 Å². The Morgan fingerprint density at radius 3 is 2.90 bits per heavy atom. The number of rotatable bonds is 4. The standard InChI is InChI=1S/C22H24N4O3/c1-15-6-5-8-17-21(15)24-14-25(22(17)28)13-20(27)26-11-10-23-12-18(26)16-7-3-4-9-19(16)29-2/h3-9,14,18,23H,10-13H2,1-2H3. The van der Waals surface area contributed by atoms with Crippen LogP contribution in [0, 0.1) is 6.92 Å². The Hall–Kier alpha value is -3.19. The van der Waals surface area contributed by atoms with Crippen LogP contribution in [0.4, 0.5) is 0 Å². The summed E-state index contributed by atoms with van der Waals surface area (Å²) in [7, 11) is 1.63. The van der Waals surface area contributed by atoms with Crippen molar-refractivity contribution < 1.29 is 9.53 Å². The molecule has 150 valence electrons. The lowest BCUT2D eigenvalue weighted by molar-refractivity contribution is -0.135. The molecule has 0 bridgehead atoms. The van der Waals surface area contributed by atoms with Crippen molar-refractivity contribution >= 4 is 16.8 Å². The minimum atomic E-state index is -0.198. The van der Waals surface area contributed by atoms with Gasteiger partial charge in [0.2, 0.25) is 5.91 Å². The van der Waals surface area contributed by atoms with Crippen LogP contribution in [0.15, 0.2) is 53.6 Å². The molecular weight excluding hydrogens is 368 g/mol. The van der Waals surface area contributed by atoms with Crippen molar-refractivity contribution in [3.63, 3.8) is 0 Å². The molecule has 1 aliphatic rings. The number of carbonyl (C=O) groups excluding carboxylic acids is 1. The lowest BCUT2D eigenvalue weighted by Gasteiger charge is -2.37. The molecule has 1 aliphatic heterocycles. The maximum Gasteiger partial charge on any atom is 0.261 e. The Kier molecular flexibility index (Phi) is 5.31. The van der Waals surface area contributed by atoms with Crippen LogP contribution in [0.3, 0.4) is 0 Å². The predicted octanol–water partition coefficient (Wildman–Crippen LogP) is 1.89. The van der Waals surface area contributed by atoms with Gasteiger partial charge in [0.05, 0.1) is 30.4 Å². The summed E-state index contributed by atoms with van der Waals surface area (Å²) >= 11 is 0. The van der Waals surface area contributed by atoms with Crippen molar-refractivity contribution in [2.75, 3.05) is 26.7 Å². The molecule has 4 rings (SSSR count). The summed E-state index contributed by atoms with van der Waals surface area (Å²) in [6.45, 7) is 3.79. The van der Waals surface area contributed by atoms with E-state index in [1.54, 1.807) is 13.2 Å². The van der Waals surface area contributed by atoms with E-state index in [1.807, 2.05) is 48.2 Å². The number of fused-ring (bicyclic) bond motifs is 1. The van der Waals surface area contributed by atoms with Gasteiger partial charge in [0.15, 0.2) is 0 Å². The van der Waals surface area contributed by atoms with Gasteiger partial charge in [-0.2, -0.15) is 0 Å². The monoisotopic (exact) mass is 392 g/mol. The van der Waals surface area contributed by atoms with Crippen molar-refractivity contribution in [2.24, 2.45) is 0 Å². The summed E-state index contributed by atoms with van der Waals surface area (Å²) in [5, 5.41) is 3.87. The van der Waals surface area contributed by atoms with E-state index in [1.165, 1.54) is 10.9 Å². The molecule has 1 aromatic heterocycles. The van der Waals surface area contributed by atoms with Gasteiger partial charge in [-0.1, -0.05) is 30.3 Å². The minimum absolute atomic E-state index is 0.0403. The highest BCUT2D eigenvalue weighted by Crippen LogP contribution is 2.30. The van der Waals surface area contributed by atoms with Crippen LogP contribution in [-0.2, 0) is 11.3 Å². The third-order valence-corrected chi connectivity index (χ3v) is 5.42. The van der Waals surface area contributed by atoms with E-state index in [-0.39, 0.29) is 24.1 Å². The SMILES string of the molecule is COc1ccccc1C1CNCCN1C(=O)Cn1cnc2c(C)cccc2c1=O. The number of amides is 1. The topological polar surface area (TPSA) is 76.5 Å². The normalized spacial score (nSPS) is 16.8. The number of aromatic nitrogens is 2. The second kappa shape index (κ2) is 8.05. The first-order chi connectivity index (χ1) is 14.1. The molecule has 1 N–H and O–H groups in total. The Morgan fingerprint density at radius 1 is 1.24 bits per heavy atom. The van der Waals surface area contributed by atoms with E-state index in [9.17, 15) is 9.59 Å². The molecular formula is C22H24N4O3. The number of piperazine rings is 1. The number of aryl methyl sites for hydroxylation is 1. The summed E-state index contributed by atoms with van der Waals surface area (Å²) in [5.74, 6) is 0.636. The number of nitrogens with zero attached hydrogens (tertiary/aromatic N) is 3. The second-order valence-corrected chi connectivity index (χ2v) is 7.20. The number of benzene rings is 2. The van der Waals surface area contributed by atoms with Gasteiger partial charge in [0.25, 0.3) is 5.56 Å². The molecule has 7 nitrogen and oxygen atoms in total. The molecule has 0 aliphatic carbocycles. The van der Waals surface area contributed by atoms with E-state index < -0.39 is 0 Å². The van der Waals surface area contributed by atoms with Gasteiger partial charge >= 0.3 is 0 Å². The molecule has 0 radical (unpaired) electrons. The van der Waals surface area contributed by atoms with Gasteiger partial charge in [0.1, 0.15) is 12.3 Å². The maximum absolute atomic E-state index is 13.2. The van der Waals surface area contributed by atoms with Crippen LogP contribution in [0.1, 0.15) is 17.2 Å². The predicted molar refractivity (Wildman–Crippen MR) is 111 cm³/mol. The van der Waals surface area contributed by atoms with Crippen molar-refractivity contribution in [1.29, 1.82) is 0 Å². The van der Waals surface area contributed by atoms with E-state index >= 15 is 0 Å². The molecule has 0 spiro atoms. The number of nitrogens with one attached hydrogen (secondary N) is 1. The van der Waals surface area contributed by atoms with E-state index in [0.717, 1.165) is 16.9 Å². The molecule has 1 atom stereocenters. The summed E-state index contributed by atoms with van der Waals surface area (Å²) in [6, 6.07) is 13.1. The molecule has 1 fully saturated rings. The van der Waals surface area contributed by atoms with Crippen LogP contribution < -0.4 is 15.6 Å². The fourth-order valence-corrected chi connectivity index (χ4v) is 3.91. The second-order valence-electron chi connectivity index (χ2n) is 7.20. The van der Waals surface area contributed by atoms with E-state index in [2.05, 4.69) is 10.3 Å². The zero-order chi connectivity index (χ0) is 20.4. The first kappa shape index (κ1) is 19.1. The van der Waals surface area contributed by atoms with Gasteiger partial charge in [-0.05, 0) is 24.6 Å². The van der Waals surface area contributed by atoms with Crippen LogP contribution in [-0.4, -0.2) is 47.1 Å². The maximum atomic E-state index is 13.2. The first-order valence-electron chi connectivity index (χ1n) is 9.68. The Balaban J connectivity index is 1.64. The van der Waals surface area contributed by atoms with Gasteiger partial charge < -0.3 is 15.0 Å². The molecule has 1 unspecified atom stereocenters. The molecule has 1 saturated heterocycles. The Morgan fingerprint density at radius 2 is 2.07 bits per heavy atom. The Labute approximate surface area is 168 Å². The number of ether oxygens (including phenoxy) is 1. The number of methoxy groups -OCH3 is 1. The third-order valence-electron chi connectivity index (χ3n) is 5.42. The third kappa shape index (κ3) is 3.61. The smallest absolute Gasteiger partial charge is 0.261 e. The number of para-hydroxylation sites is 2. The van der Waals surface area contributed by atoms with Crippen LogP contribution in [0.5, 0.6) is 5.75 Å². The highest BCUT2D eigenvalue weighted by Gasteiger charge is 2.30. The molecule has 29 heavy (non-hydrogen) atoms. The van der Waals surface area contributed by atoms with Crippen molar-refractivity contribution in [1.82, 2.24) is 19.8 Å². The first-order valence-corrected chi connectivity index (χ1v) is 9.68. The highest BCUT2D eigenvalue weighted by molar-refractivity contribution is 5.81. The minimum Gasteiger partial charge on any atom is -0.496 e. The van der Waals surface area contributed by atoms with Gasteiger partial charge in [-0.25, -0.2) is 4.98 Å². The summed E-state index contributed by atoms with van der Waals surface area (Å²) < 4.78 is 6.89. The van der Waals surface area contributed by atoms with Gasteiger partial charge in [-0.15, -0.1) is 0 Å². The van der Waals surface area contributed by atoms with Crippen molar-refractivity contribution in [3.05, 3.63) is 70.3 Å². The molecule has 0 saturated carbocycles. The van der Waals surface area contributed by atoms with Crippen LogP contribution >= 0.6 is 0 Å². The summed E-state index contributed by atoms with van der Waals surface area (Å²) in [5.41, 5.74) is 2.37. The number of hydrogen-bond acceptors (Lipinski definition) is 5. The fourth-order valence-electron chi connectivity index (χ4n) is 3.91. The highest BCUT2D eigenvalue weighted by atomic mass is 16.5. The number of carbonyl (C=O) groups is 1. The molecule has 7 heteroatoms. The zero-order valence-corrected chi connectivity index (χ0v) is 16.6. The van der Waals surface area contributed by atoms with Gasteiger partial charge in [0, 0.05) is 25.2 Å². The quantitative estimate of drug-likeness (QED) is 0.734. The average molecular weight is 392 g/mol. The van der Waals surface area contributed by atoms with Crippen LogP contribution in [0.25, 0.3) is 10.9 Å². The molecule has 2 heterocycles. The van der Waals surface area contributed by atoms with Crippen molar-refractivity contribution in [3.8, 4) is 5.75 Å². The summed E-state index contributed by atoms with van der Waals surface area (Å²) in [4.78, 5) is 32.3. The largest absolute Gasteiger partial charge is 0.496 e. The zero-order valence-electron chi connectivity index (χ0n) is 16.6. The molecule has 2 aromatic carbocycles. The van der Waals surface area contributed by atoms with Crippen molar-refractivity contribution in [2.45, 2.75) is 19.5 Å². The fraction of sp³-hybridized carbons (Fsp3) is 0.318. The van der Waals surface area contributed by atoms with Gasteiger partial charge in [-0.3, -0.25) is 14.2 Å². The number of hydrogen-bond donors (Lipinski definition) is 1. The summed E-state index contributed by atoms with van der Waals surface area (Å²) in [6.07, 6.45) is 1.47. The lowest BCUT2D eigenvalue weighted by atomic mass is 10.0. The van der Waals surface area contributed by atoms with E-state index in [4.69, 9.17) is 4.74 Å². The molecule has 3 aromatic rings. The lowest BCUT2D eigenvalue weighted by Crippen LogP contribution is -2.50. The Bertz CT molecular complexity index is 1110. The molecule has 1 amide bonds. The average Bonchev–Trinajstić information content (AvgIpc) is 2.76.